The molecule has 2 rings (SSSR count). The van der Waals surface area contributed by atoms with Crippen molar-refractivity contribution in [2.75, 3.05) is 5.01 Å². The number of hydrogen-bond acceptors (Lipinski definition) is 3. The third kappa shape index (κ3) is 4.67. The van der Waals surface area contributed by atoms with Crippen molar-refractivity contribution < 1.29 is 19.5 Å². The first-order valence-electron chi connectivity index (χ1n) is 7.04. The van der Waals surface area contributed by atoms with Crippen molar-refractivity contribution in [3.8, 4) is 0 Å². The molecule has 0 bridgehead atoms. The summed E-state index contributed by atoms with van der Waals surface area (Å²) in [5.41, 5.74) is 3.37. The lowest BCUT2D eigenvalue weighted by molar-refractivity contribution is -0.138. The Kier molecular flexibility index (Phi) is 5.46. The normalized spacial score (nSPS) is 9.91. The van der Waals surface area contributed by atoms with Gasteiger partial charge in [0.05, 0.1) is 12.1 Å². The number of para-hydroxylation sites is 1. The van der Waals surface area contributed by atoms with Crippen molar-refractivity contribution in [3.63, 3.8) is 0 Å². The molecule has 118 valence electrons. The molecular weight excluding hydrogens is 296 g/mol. The van der Waals surface area contributed by atoms with Crippen LogP contribution in [0.1, 0.15) is 23.2 Å². The maximum atomic E-state index is 12.6. The minimum absolute atomic E-state index is 0.208. The highest BCUT2D eigenvalue weighted by atomic mass is 16.4. The monoisotopic (exact) mass is 312 g/mol. The minimum Gasteiger partial charge on any atom is -0.481 e. The molecule has 0 fully saturated rings. The quantitative estimate of drug-likeness (QED) is 0.829. The molecule has 0 heterocycles. The van der Waals surface area contributed by atoms with Crippen LogP contribution >= 0.6 is 0 Å². The van der Waals surface area contributed by atoms with Crippen molar-refractivity contribution in [2.45, 2.75) is 12.8 Å². The first kappa shape index (κ1) is 16.2. The molecule has 0 aromatic heterocycles. The highest BCUT2D eigenvalue weighted by molar-refractivity contribution is 6.07. The van der Waals surface area contributed by atoms with E-state index in [-0.39, 0.29) is 12.8 Å². The summed E-state index contributed by atoms with van der Waals surface area (Å²) < 4.78 is 0. The van der Waals surface area contributed by atoms with E-state index >= 15 is 0 Å². The third-order valence-electron chi connectivity index (χ3n) is 3.04. The second kappa shape index (κ2) is 7.74. The van der Waals surface area contributed by atoms with Gasteiger partial charge in [-0.15, -0.1) is 0 Å². The zero-order chi connectivity index (χ0) is 16.7. The van der Waals surface area contributed by atoms with Gasteiger partial charge < -0.3 is 5.11 Å². The van der Waals surface area contributed by atoms with E-state index in [1.54, 1.807) is 60.7 Å². The molecule has 0 saturated heterocycles. The van der Waals surface area contributed by atoms with Crippen molar-refractivity contribution >= 4 is 23.5 Å². The fourth-order valence-electron chi connectivity index (χ4n) is 1.92. The molecule has 0 radical (unpaired) electrons. The van der Waals surface area contributed by atoms with Gasteiger partial charge in [-0.2, -0.15) is 0 Å². The van der Waals surface area contributed by atoms with Gasteiger partial charge in [0.1, 0.15) is 0 Å². The third-order valence-corrected chi connectivity index (χ3v) is 3.04. The standard InChI is InChI=1S/C17H16N2O4/c20-15(11-12-16(21)22)18-19(14-9-5-2-6-10-14)17(23)13-7-3-1-4-8-13/h1-10H,11-12H2,(H,18,20)(H,21,22). The van der Waals surface area contributed by atoms with Crippen LogP contribution in [0.25, 0.3) is 0 Å². The van der Waals surface area contributed by atoms with Gasteiger partial charge in [-0.3, -0.25) is 19.8 Å². The number of rotatable bonds is 5. The molecule has 0 spiro atoms. The second-order valence-electron chi connectivity index (χ2n) is 4.77. The van der Waals surface area contributed by atoms with Gasteiger partial charge in [-0.1, -0.05) is 36.4 Å². The van der Waals surface area contributed by atoms with Crippen LogP contribution in [0.5, 0.6) is 0 Å². The molecule has 0 aliphatic carbocycles. The Morgan fingerprint density at radius 2 is 1.43 bits per heavy atom. The first-order valence-corrected chi connectivity index (χ1v) is 7.04. The van der Waals surface area contributed by atoms with Gasteiger partial charge >= 0.3 is 5.97 Å². The molecule has 6 nitrogen and oxygen atoms in total. The Morgan fingerprint density at radius 3 is 2.00 bits per heavy atom. The molecule has 23 heavy (non-hydrogen) atoms. The topological polar surface area (TPSA) is 86.7 Å². The number of carbonyl (C=O) groups is 3. The van der Waals surface area contributed by atoms with Gasteiger partial charge in [0, 0.05) is 12.0 Å². The van der Waals surface area contributed by atoms with E-state index in [2.05, 4.69) is 5.43 Å². The van der Waals surface area contributed by atoms with Crippen LogP contribution in [-0.4, -0.2) is 22.9 Å². The van der Waals surface area contributed by atoms with E-state index in [0.29, 0.717) is 11.3 Å². The van der Waals surface area contributed by atoms with Crippen LogP contribution in [0, 0.1) is 0 Å². The Morgan fingerprint density at radius 1 is 0.870 bits per heavy atom. The summed E-state index contributed by atoms with van der Waals surface area (Å²) in [4.78, 5) is 35.1. The molecule has 2 aromatic carbocycles. The Balaban J connectivity index is 2.21. The van der Waals surface area contributed by atoms with E-state index in [4.69, 9.17) is 5.11 Å². The van der Waals surface area contributed by atoms with E-state index in [1.165, 1.54) is 0 Å². The molecule has 2 N–H and O–H groups in total. The van der Waals surface area contributed by atoms with Gasteiger partial charge in [-0.25, -0.2) is 5.01 Å². The highest BCUT2D eigenvalue weighted by Crippen LogP contribution is 2.15. The number of nitrogens with zero attached hydrogens (tertiary/aromatic N) is 1. The SMILES string of the molecule is O=C(O)CCC(=O)NN(C(=O)c1ccccc1)c1ccccc1. The maximum Gasteiger partial charge on any atom is 0.303 e. The van der Waals surface area contributed by atoms with E-state index in [9.17, 15) is 14.4 Å². The Labute approximate surface area is 133 Å². The molecule has 0 aliphatic rings. The van der Waals surface area contributed by atoms with Crippen LogP contribution < -0.4 is 10.4 Å². The summed E-state index contributed by atoms with van der Waals surface area (Å²) >= 11 is 0. The second-order valence-corrected chi connectivity index (χ2v) is 4.77. The van der Waals surface area contributed by atoms with Crippen LogP contribution in [0.4, 0.5) is 5.69 Å². The number of amides is 2. The minimum atomic E-state index is -1.07. The van der Waals surface area contributed by atoms with Crippen LogP contribution in [0.3, 0.4) is 0 Å². The molecule has 0 saturated carbocycles. The van der Waals surface area contributed by atoms with Crippen molar-refractivity contribution in [3.05, 3.63) is 66.2 Å². The smallest absolute Gasteiger partial charge is 0.303 e. The van der Waals surface area contributed by atoms with Crippen LogP contribution in [0.2, 0.25) is 0 Å². The average molecular weight is 312 g/mol. The van der Waals surface area contributed by atoms with Crippen LogP contribution in [-0.2, 0) is 9.59 Å². The number of anilines is 1. The van der Waals surface area contributed by atoms with Gasteiger partial charge in [0.15, 0.2) is 0 Å². The molecule has 6 heteroatoms. The lowest BCUT2D eigenvalue weighted by Gasteiger charge is -2.23. The summed E-state index contributed by atoms with van der Waals surface area (Å²) in [6, 6.07) is 17.1. The fourth-order valence-corrected chi connectivity index (χ4v) is 1.92. The highest BCUT2D eigenvalue weighted by Gasteiger charge is 2.20. The molecule has 0 unspecified atom stereocenters. The summed E-state index contributed by atoms with van der Waals surface area (Å²) in [6.45, 7) is 0. The zero-order valence-electron chi connectivity index (χ0n) is 12.3. The lowest BCUT2D eigenvalue weighted by Crippen LogP contribution is -2.46. The number of hydrogen-bond donors (Lipinski definition) is 2. The van der Waals surface area contributed by atoms with E-state index in [1.807, 2.05) is 0 Å². The first-order chi connectivity index (χ1) is 11.1. The van der Waals surface area contributed by atoms with Gasteiger partial charge in [0.25, 0.3) is 5.91 Å². The fraction of sp³-hybridized carbons (Fsp3) is 0.118. The zero-order valence-corrected chi connectivity index (χ0v) is 12.3. The van der Waals surface area contributed by atoms with E-state index in [0.717, 1.165) is 5.01 Å². The van der Waals surface area contributed by atoms with Gasteiger partial charge in [0.2, 0.25) is 5.91 Å². The summed E-state index contributed by atoms with van der Waals surface area (Å²) in [6.07, 6.45) is -0.505. The number of carboxylic acids is 1. The molecule has 2 aromatic rings. The molecule has 0 aliphatic heterocycles. The number of hydrazine groups is 1. The molecule has 0 atom stereocenters. The molecular formula is C17H16N2O4. The predicted molar refractivity (Wildman–Crippen MR) is 84.7 cm³/mol. The van der Waals surface area contributed by atoms with Crippen molar-refractivity contribution in [1.29, 1.82) is 0 Å². The Bertz CT molecular complexity index is 686. The van der Waals surface area contributed by atoms with Gasteiger partial charge in [-0.05, 0) is 24.3 Å². The van der Waals surface area contributed by atoms with Crippen LogP contribution in [0.15, 0.2) is 60.7 Å². The summed E-state index contributed by atoms with van der Waals surface area (Å²) in [5, 5.41) is 9.76. The summed E-state index contributed by atoms with van der Waals surface area (Å²) in [7, 11) is 0. The molecule has 2 amide bonds. The van der Waals surface area contributed by atoms with Crippen molar-refractivity contribution in [1.82, 2.24) is 5.43 Å². The average Bonchev–Trinajstić information content (AvgIpc) is 2.59. The number of benzene rings is 2. The number of carboxylic acid groups (broad SMARTS) is 1. The number of nitrogens with one attached hydrogen (secondary N) is 1. The van der Waals surface area contributed by atoms with E-state index < -0.39 is 17.8 Å². The number of aliphatic carboxylic acids is 1. The van der Waals surface area contributed by atoms with Crippen molar-refractivity contribution in [2.24, 2.45) is 0 Å². The lowest BCUT2D eigenvalue weighted by atomic mass is 10.2. The maximum absolute atomic E-state index is 12.6. The predicted octanol–water partition coefficient (Wildman–Crippen LogP) is 2.23. The summed E-state index contributed by atoms with van der Waals surface area (Å²) in [5.74, 6) is -2.01. The Hall–Kier alpha value is -3.15. The number of carbonyl (C=O) groups excluding carboxylic acids is 2. The largest absolute Gasteiger partial charge is 0.481 e.